The molecule has 3 N–H and O–H groups in total. The number of nitrogens with two attached hydrogens (primary N) is 1. The largest absolute Gasteiger partial charge is 0.481 e. The van der Waals surface area contributed by atoms with E-state index in [-0.39, 0.29) is 31.3 Å². The average molecular weight is 357 g/mol. The number of hydrogen-bond donors (Lipinski definition) is 2. The number of carboxylic acid groups (broad SMARTS) is 1. The van der Waals surface area contributed by atoms with Gasteiger partial charge in [0, 0.05) is 25.6 Å². The van der Waals surface area contributed by atoms with Gasteiger partial charge in [0.1, 0.15) is 6.54 Å². The summed E-state index contributed by atoms with van der Waals surface area (Å²) in [6, 6.07) is 5.14. The number of benzene rings is 1. The number of unbranched alkanes of at least 4 members (excludes halogenated alkanes) is 2. The Labute approximate surface area is 152 Å². The van der Waals surface area contributed by atoms with Gasteiger partial charge in [-0.3, -0.25) is 14.4 Å². The zero-order valence-corrected chi connectivity index (χ0v) is 14.8. The molecule has 2 amide bonds. The number of aliphatic carboxylic acids is 1. The Morgan fingerprint density at radius 2 is 2.08 bits per heavy atom. The van der Waals surface area contributed by atoms with Gasteiger partial charge in [-0.1, -0.05) is 11.8 Å². The van der Waals surface area contributed by atoms with Crippen molar-refractivity contribution in [2.24, 2.45) is 5.73 Å². The lowest BCUT2D eigenvalue weighted by Gasteiger charge is -2.18. The Kier molecular flexibility index (Phi) is 6.75. The first-order valence-corrected chi connectivity index (χ1v) is 8.54. The zero-order chi connectivity index (χ0) is 19.1. The minimum Gasteiger partial charge on any atom is -0.481 e. The minimum atomic E-state index is -1.01. The number of hydrogen-bond acceptors (Lipinski definition) is 4. The van der Waals surface area contributed by atoms with Crippen LogP contribution >= 0.6 is 0 Å². The summed E-state index contributed by atoms with van der Waals surface area (Å²) in [4.78, 5) is 38.6. The van der Waals surface area contributed by atoms with Gasteiger partial charge in [-0.05, 0) is 37.6 Å². The van der Waals surface area contributed by atoms with E-state index in [1.807, 2.05) is 0 Å². The van der Waals surface area contributed by atoms with Gasteiger partial charge >= 0.3 is 5.97 Å². The highest BCUT2D eigenvalue weighted by Gasteiger charge is 2.29. The number of rotatable bonds is 6. The molecule has 7 nitrogen and oxygen atoms in total. The van der Waals surface area contributed by atoms with E-state index in [4.69, 9.17) is 10.8 Å². The summed E-state index contributed by atoms with van der Waals surface area (Å²) in [6.07, 6.45) is 2.36. The molecule has 0 saturated heterocycles. The summed E-state index contributed by atoms with van der Waals surface area (Å²) in [7, 11) is 1.60. The fourth-order valence-electron chi connectivity index (χ4n) is 2.66. The number of carboxylic acids is 1. The number of carbonyl (C=O) groups is 3. The first-order chi connectivity index (χ1) is 12.4. The molecule has 1 aromatic rings. The van der Waals surface area contributed by atoms with Crippen LogP contribution in [0.25, 0.3) is 0 Å². The lowest BCUT2D eigenvalue weighted by molar-refractivity contribution is -0.137. The summed E-state index contributed by atoms with van der Waals surface area (Å²) in [5.74, 6) is 4.45. The van der Waals surface area contributed by atoms with Gasteiger partial charge in [0.25, 0.3) is 5.91 Å². The van der Waals surface area contributed by atoms with Gasteiger partial charge in [0.05, 0.1) is 17.7 Å². The maximum absolute atomic E-state index is 12.8. The summed E-state index contributed by atoms with van der Waals surface area (Å²) in [5.41, 5.74) is 7.00. The normalized spacial score (nSPS) is 13.8. The van der Waals surface area contributed by atoms with Crippen LogP contribution in [0.5, 0.6) is 0 Å². The van der Waals surface area contributed by atoms with E-state index in [9.17, 15) is 14.4 Å². The molecule has 0 aromatic heterocycles. The van der Waals surface area contributed by atoms with Crippen LogP contribution in [0.15, 0.2) is 18.2 Å². The molecule has 0 spiro atoms. The van der Waals surface area contributed by atoms with Crippen molar-refractivity contribution in [2.45, 2.75) is 25.7 Å². The lowest BCUT2D eigenvalue weighted by atomic mass is 10.1. The van der Waals surface area contributed by atoms with Crippen molar-refractivity contribution in [3.05, 3.63) is 29.3 Å². The summed E-state index contributed by atoms with van der Waals surface area (Å²) in [6.45, 7) is 0.487. The van der Waals surface area contributed by atoms with Crippen LogP contribution in [-0.4, -0.2) is 54.5 Å². The van der Waals surface area contributed by atoms with Crippen LogP contribution in [0.1, 0.15) is 41.6 Å². The van der Waals surface area contributed by atoms with Gasteiger partial charge in [-0.25, -0.2) is 0 Å². The molecule has 0 unspecified atom stereocenters. The van der Waals surface area contributed by atoms with Crippen molar-refractivity contribution >= 4 is 23.5 Å². The predicted octanol–water partition coefficient (Wildman–Crippen LogP) is 1.06. The monoisotopic (exact) mass is 357 g/mol. The van der Waals surface area contributed by atoms with Crippen molar-refractivity contribution in [3.8, 4) is 11.8 Å². The second-order valence-corrected chi connectivity index (χ2v) is 6.10. The predicted molar refractivity (Wildman–Crippen MR) is 97.8 cm³/mol. The van der Waals surface area contributed by atoms with Gasteiger partial charge in [0.2, 0.25) is 5.91 Å². The topological polar surface area (TPSA) is 104 Å². The number of anilines is 1. The van der Waals surface area contributed by atoms with Crippen LogP contribution in [0.4, 0.5) is 5.69 Å². The fraction of sp³-hybridized carbons (Fsp3) is 0.421. The first kappa shape index (κ1) is 19.5. The van der Waals surface area contributed by atoms with Gasteiger partial charge in [0.15, 0.2) is 0 Å². The zero-order valence-electron chi connectivity index (χ0n) is 14.8. The third-order valence-electron chi connectivity index (χ3n) is 4.16. The van der Waals surface area contributed by atoms with E-state index in [0.717, 1.165) is 19.3 Å². The highest BCUT2D eigenvalue weighted by Crippen LogP contribution is 2.26. The molecule has 0 fully saturated rings. The highest BCUT2D eigenvalue weighted by molar-refractivity contribution is 6.09. The molecule has 1 aliphatic rings. The fourth-order valence-corrected chi connectivity index (χ4v) is 2.66. The molecule has 0 atom stereocenters. The molecule has 0 bridgehead atoms. The molecule has 1 aliphatic heterocycles. The Bertz CT molecular complexity index is 764. The first-order valence-electron chi connectivity index (χ1n) is 8.54. The second-order valence-electron chi connectivity index (χ2n) is 6.10. The maximum Gasteiger partial charge on any atom is 0.305 e. The van der Waals surface area contributed by atoms with Crippen molar-refractivity contribution in [1.82, 2.24) is 4.90 Å². The van der Waals surface area contributed by atoms with Gasteiger partial charge in [-0.2, -0.15) is 0 Å². The van der Waals surface area contributed by atoms with Crippen molar-refractivity contribution in [3.63, 3.8) is 0 Å². The molecule has 1 heterocycles. The number of nitrogens with zero attached hydrogens (tertiary/aromatic N) is 2. The third kappa shape index (κ3) is 4.83. The van der Waals surface area contributed by atoms with E-state index in [1.54, 1.807) is 25.2 Å². The Morgan fingerprint density at radius 3 is 2.77 bits per heavy atom. The average Bonchev–Trinajstić information content (AvgIpc) is 2.70. The number of carbonyl (C=O) groups excluding carboxylic acids is 2. The summed E-state index contributed by atoms with van der Waals surface area (Å²) >= 11 is 0. The van der Waals surface area contributed by atoms with E-state index < -0.39 is 5.97 Å². The van der Waals surface area contributed by atoms with Crippen LogP contribution in [-0.2, 0) is 9.59 Å². The Hall–Kier alpha value is -2.85. The van der Waals surface area contributed by atoms with Gasteiger partial charge in [-0.15, -0.1) is 0 Å². The lowest BCUT2D eigenvalue weighted by Crippen LogP contribution is -2.38. The smallest absolute Gasteiger partial charge is 0.305 e. The van der Waals surface area contributed by atoms with Crippen LogP contribution in [0, 0.1) is 11.8 Å². The molecule has 1 aromatic carbocycles. The van der Waals surface area contributed by atoms with Crippen molar-refractivity contribution in [1.29, 1.82) is 0 Å². The van der Waals surface area contributed by atoms with E-state index >= 15 is 0 Å². The van der Waals surface area contributed by atoms with Crippen LogP contribution < -0.4 is 10.6 Å². The quantitative estimate of drug-likeness (QED) is 0.585. The van der Waals surface area contributed by atoms with Crippen molar-refractivity contribution < 1.29 is 19.5 Å². The second kappa shape index (κ2) is 9.02. The molecule has 0 aliphatic carbocycles. The molecular weight excluding hydrogens is 334 g/mol. The molecule has 0 radical (unpaired) electrons. The maximum atomic E-state index is 12.8. The highest BCUT2D eigenvalue weighted by atomic mass is 16.4. The van der Waals surface area contributed by atoms with E-state index in [0.29, 0.717) is 23.4 Å². The molecule has 26 heavy (non-hydrogen) atoms. The third-order valence-corrected chi connectivity index (χ3v) is 4.16. The van der Waals surface area contributed by atoms with Gasteiger partial charge < -0.3 is 20.6 Å². The Balaban J connectivity index is 2.27. The Morgan fingerprint density at radius 1 is 1.31 bits per heavy atom. The molecule has 2 rings (SSSR count). The minimum absolute atomic E-state index is 0.0117. The number of amides is 2. The molecule has 7 heteroatoms. The summed E-state index contributed by atoms with van der Waals surface area (Å²) < 4.78 is 0. The molecule has 138 valence electrons. The van der Waals surface area contributed by atoms with E-state index in [2.05, 4.69) is 11.8 Å². The van der Waals surface area contributed by atoms with Crippen LogP contribution in [0.2, 0.25) is 0 Å². The summed E-state index contributed by atoms with van der Waals surface area (Å²) in [5, 5.41) is 8.86. The number of fused-ring (bicyclic) bond motifs is 1. The van der Waals surface area contributed by atoms with Crippen molar-refractivity contribution in [2.75, 3.05) is 31.6 Å². The van der Waals surface area contributed by atoms with E-state index in [1.165, 1.54) is 9.80 Å². The molecule has 0 saturated carbocycles. The SMILES string of the molecule is CN1C(=O)CN(CCC(=O)O)C(=O)c2cc(C#CCCCCN)ccc21. The molecular formula is C19H23N3O4. The standard InChI is InChI=1S/C19H23N3O4/c1-21-16-8-7-14(6-4-2-3-5-10-20)12-15(16)19(26)22(13-17(21)23)11-9-18(24)25/h7-8,12H,2-3,5,9-11,13,20H2,1H3,(H,24,25). The number of likely N-dealkylation sites (N-methyl/N-ethyl adjacent to an activating group) is 1. The van der Waals surface area contributed by atoms with Crippen LogP contribution in [0.3, 0.4) is 0 Å².